The van der Waals surface area contributed by atoms with Crippen LogP contribution in [0.2, 0.25) is 0 Å². The highest BCUT2D eigenvalue weighted by molar-refractivity contribution is 5.44. The molecule has 0 unspecified atom stereocenters. The topological polar surface area (TPSA) is 70.2 Å². The Bertz CT molecular complexity index is 578. The molecule has 0 atom stereocenters. The number of aromatic nitrogens is 2. The first kappa shape index (κ1) is 12.1. The van der Waals surface area contributed by atoms with Crippen LogP contribution in [0.3, 0.4) is 0 Å². The Labute approximate surface area is 104 Å². The third-order valence-corrected chi connectivity index (χ3v) is 2.67. The maximum Gasteiger partial charge on any atom is 0.272 e. The molecule has 0 fully saturated rings. The van der Waals surface area contributed by atoms with Crippen LogP contribution in [0.15, 0.2) is 30.5 Å². The lowest BCUT2D eigenvalue weighted by atomic mass is 10.2. The van der Waals surface area contributed by atoms with Crippen molar-refractivity contribution < 1.29 is 9.66 Å². The van der Waals surface area contributed by atoms with Gasteiger partial charge >= 0.3 is 0 Å². The van der Waals surface area contributed by atoms with Crippen LogP contribution in [-0.4, -0.2) is 14.7 Å². The summed E-state index contributed by atoms with van der Waals surface area (Å²) in [7, 11) is 1.83. The molecular formula is C12H13N3O3. The second-order valence-electron chi connectivity index (χ2n) is 3.94. The zero-order chi connectivity index (χ0) is 13.1. The summed E-state index contributed by atoms with van der Waals surface area (Å²) in [6, 6.07) is 6.57. The zero-order valence-electron chi connectivity index (χ0n) is 10.2. The molecule has 0 aliphatic rings. The molecule has 0 saturated carbocycles. The molecule has 94 valence electrons. The van der Waals surface area contributed by atoms with Crippen LogP contribution in [0.4, 0.5) is 5.69 Å². The van der Waals surface area contributed by atoms with Gasteiger partial charge in [-0.05, 0) is 25.1 Å². The Morgan fingerprint density at radius 1 is 1.44 bits per heavy atom. The summed E-state index contributed by atoms with van der Waals surface area (Å²) >= 11 is 0. The molecule has 1 aromatic heterocycles. The number of nitrogens with zero attached hydrogens (tertiary/aromatic N) is 3. The van der Waals surface area contributed by atoms with Gasteiger partial charge in [-0.2, -0.15) is 5.10 Å². The van der Waals surface area contributed by atoms with E-state index in [-0.39, 0.29) is 5.69 Å². The first-order valence-electron chi connectivity index (χ1n) is 5.42. The van der Waals surface area contributed by atoms with E-state index < -0.39 is 4.92 Å². The van der Waals surface area contributed by atoms with Crippen molar-refractivity contribution in [3.63, 3.8) is 0 Å². The highest BCUT2D eigenvalue weighted by Crippen LogP contribution is 2.23. The Balaban J connectivity index is 2.09. The predicted octanol–water partition coefficient (Wildman–Crippen LogP) is 2.22. The minimum Gasteiger partial charge on any atom is -0.487 e. The fraction of sp³-hybridized carbons (Fsp3) is 0.250. The van der Waals surface area contributed by atoms with Crippen molar-refractivity contribution in [3.05, 3.63) is 51.8 Å². The van der Waals surface area contributed by atoms with Crippen molar-refractivity contribution in [2.24, 2.45) is 7.05 Å². The number of nitro benzene ring substituents is 1. The van der Waals surface area contributed by atoms with Gasteiger partial charge in [0.05, 0.1) is 10.6 Å². The second-order valence-corrected chi connectivity index (χ2v) is 3.94. The fourth-order valence-electron chi connectivity index (χ4n) is 1.62. The van der Waals surface area contributed by atoms with Gasteiger partial charge in [0.2, 0.25) is 0 Å². The lowest BCUT2D eigenvalue weighted by molar-refractivity contribution is -0.385. The van der Waals surface area contributed by atoms with Gasteiger partial charge in [-0.3, -0.25) is 14.8 Å². The molecular weight excluding hydrogens is 234 g/mol. The molecule has 18 heavy (non-hydrogen) atoms. The lowest BCUT2D eigenvalue weighted by Gasteiger charge is -2.07. The molecule has 2 rings (SSSR count). The third kappa shape index (κ3) is 2.48. The normalized spacial score (nSPS) is 10.3. The van der Waals surface area contributed by atoms with Crippen molar-refractivity contribution in [2.45, 2.75) is 13.5 Å². The molecule has 2 aromatic rings. The van der Waals surface area contributed by atoms with E-state index >= 15 is 0 Å². The maximum atomic E-state index is 10.7. The van der Waals surface area contributed by atoms with Crippen LogP contribution < -0.4 is 4.74 Å². The largest absolute Gasteiger partial charge is 0.487 e. The van der Waals surface area contributed by atoms with Gasteiger partial charge in [0, 0.05) is 24.9 Å². The van der Waals surface area contributed by atoms with Gasteiger partial charge in [-0.25, -0.2) is 0 Å². The van der Waals surface area contributed by atoms with Crippen molar-refractivity contribution in [1.29, 1.82) is 0 Å². The Hall–Kier alpha value is -2.37. The lowest BCUT2D eigenvalue weighted by Crippen LogP contribution is -2.03. The molecule has 0 saturated heterocycles. The molecule has 0 N–H and O–H groups in total. The Kier molecular flexibility index (Phi) is 3.27. The van der Waals surface area contributed by atoms with Gasteiger partial charge in [-0.15, -0.1) is 0 Å². The third-order valence-electron chi connectivity index (χ3n) is 2.67. The Morgan fingerprint density at radius 2 is 2.22 bits per heavy atom. The summed E-state index contributed by atoms with van der Waals surface area (Å²) in [5, 5.41) is 14.7. The number of ether oxygens (including phenoxy) is 1. The van der Waals surface area contributed by atoms with Gasteiger partial charge in [0.1, 0.15) is 12.4 Å². The summed E-state index contributed by atoms with van der Waals surface area (Å²) in [6.45, 7) is 2.07. The average Bonchev–Trinajstić information content (AvgIpc) is 2.72. The average molecular weight is 247 g/mol. The molecule has 6 nitrogen and oxygen atoms in total. The van der Waals surface area contributed by atoms with Crippen LogP contribution in [0.1, 0.15) is 11.3 Å². The van der Waals surface area contributed by atoms with Crippen molar-refractivity contribution >= 4 is 5.69 Å². The molecule has 0 aliphatic carbocycles. The predicted molar refractivity (Wildman–Crippen MR) is 65.4 cm³/mol. The van der Waals surface area contributed by atoms with E-state index in [1.807, 2.05) is 13.1 Å². The summed E-state index contributed by atoms with van der Waals surface area (Å²) < 4.78 is 7.28. The van der Waals surface area contributed by atoms with Gasteiger partial charge < -0.3 is 4.74 Å². The van der Waals surface area contributed by atoms with Crippen molar-refractivity contribution in [3.8, 4) is 5.75 Å². The molecule has 0 aliphatic heterocycles. The SMILES string of the molecule is Cc1cc(OCc2ccnn2C)ccc1[N+](=O)[O-]. The van der Waals surface area contributed by atoms with Crippen molar-refractivity contribution in [1.82, 2.24) is 9.78 Å². The van der Waals surface area contributed by atoms with Gasteiger partial charge in [-0.1, -0.05) is 0 Å². The van der Waals surface area contributed by atoms with Crippen molar-refractivity contribution in [2.75, 3.05) is 0 Å². The smallest absolute Gasteiger partial charge is 0.272 e. The number of benzene rings is 1. The number of rotatable bonds is 4. The first-order chi connectivity index (χ1) is 8.58. The molecule has 1 heterocycles. The van der Waals surface area contributed by atoms with Gasteiger partial charge in [0.15, 0.2) is 0 Å². The summed E-state index contributed by atoms with van der Waals surface area (Å²) in [5.74, 6) is 0.610. The molecule has 1 aromatic carbocycles. The minimum atomic E-state index is -0.403. The molecule has 0 spiro atoms. The summed E-state index contributed by atoms with van der Waals surface area (Å²) in [6.07, 6.45) is 1.69. The number of hydrogen-bond acceptors (Lipinski definition) is 4. The monoisotopic (exact) mass is 247 g/mol. The van der Waals surface area contributed by atoms with E-state index in [0.29, 0.717) is 17.9 Å². The first-order valence-corrected chi connectivity index (χ1v) is 5.42. The maximum absolute atomic E-state index is 10.7. The standard InChI is InChI=1S/C12H13N3O3/c1-9-7-11(3-4-12(9)15(16)17)18-8-10-5-6-13-14(10)2/h3-7H,8H2,1-2H3. The van der Waals surface area contributed by atoms with Crippen LogP contribution in [-0.2, 0) is 13.7 Å². The summed E-state index contributed by atoms with van der Waals surface area (Å²) in [5.41, 5.74) is 1.62. The van der Waals surface area contributed by atoms with E-state index in [0.717, 1.165) is 5.69 Å². The molecule has 6 heteroatoms. The zero-order valence-corrected chi connectivity index (χ0v) is 10.2. The van der Waals surface area contributed by atoms with E-state index in [4.69, 9.17) is 4.74 Å². The minimum absolute atomic E-state index is 0.0999. The molecule has 0 bridgehead atoms. The number of hydrogen-bond donors (Lipinski definition) is 0. The quantitative estimate of drug-likeness (QED) is 0.613. The van der Waals surface area contributed by atoms with Gasteiger partial charge in [0.25, 0.3) is 5.69 Å². The van der Waals surface area contributed by atoms with E-state index in [1.54, 1.807) is 29.9 Å². The van der Waals surface area contributed by atoms with Crippen LogP contribution >= 0.6 is 0 Å². The highest BCUT2D eigenvalue weighted by Gasteiger charge is 2.10. The molecule has 0 radical (unpaired) electrons. The summed E-state index contributed by atoms with van der Waals surface area (Å²) in [4.78, 5) is 10.3. The Morgan fingerprint density at radius 3 is 2.78 bits per heavy atom. The molecule has 0 amide bonds. The van der Waals surface area contributed by atoms with Crippen LogP contribution in [0.25, 0.3) is 0 Å². The number of aryl methyl sites for hydroxylation is 2. The van der Waals surface area contributed by atoms with Crippen LogP contribution in [0, 0.1) is 17.0 Å². The highest BCUT2D eigenvalue weighted by atomic mass is 16.6. The van der Waals surface area contributed by atoms with Crippen LogP contribution in [0.5, 0.6) is 5.75 Å². The second kappa shape index (κ2) is 4.87. The number of nitro groups is 1. The fourth-order valence-corrected chi connectivity index (χ4v) is 1.62. The van der Waals surface area contributed by atoms with E-state index in [2.05, 4.69) is 5.10 Å². The van der Waals surface area contributed by atoms with E-state index in [1.165, 1.54) is 6.07 Å². The van der Waals surface area contributed by atoms with E-state index in [9.17, 15) is 10.1 Å².